The summed E-state index contributed by atoms with van der Waals surface area (Å²) in [6.07, 6.45) is -0.273. The monoisotopic (exact) mass is 282 g/mol. The van der Waals surface area contributed by atoms with E-state index in [2.05, 4.69) is 24.4 Å². The molecular formula is C12H18N2O4Si. The molecule has 0 aliphatic heterocycles. The highest BCUT2D eigenvalue weighted by Gasteiger charge is 2.42. The molecule has 1 aliphatic rings. The smallest absolute Gasteiger partial charge is 0.400 e. The van der Waals surface area contributed by atoms with E-state index in [1.165, 1.54) is 0 Å². The van der Waals surface area contributed by atoms with Gasteiger partial charge in [-0.2, -0.15) is 4.79 Å². The normalized spacial score (nSPS) is 21.9. The maximum absolute atomic E-state index is 11.9. The molecule has 1 fully saturated rings. The third kappa shape index (κ3) is 3.68. The van der Waals surface area contributed by atoms with Crippen LogP contribution >= 0.6 is 0 Å². The van der Waals surface area contributed by atoms with Crippen molar-refractivity contribution in [1.82, 2.24) is 0 Å². The molecule has 0 spiro atoms. The third-order valence-corrected chi connectivity index (χ3v) is 5.89. The van der Waals surface area contributed by atoms with Crippen molar-refractivity contribution in [3.63, 3.8) is 0 Å². The molecule has 0 N–H and O–H groups in total. The molecular weight excluding hydrogens is 264 g/mol. The van der Waals surface area contributed by atoms with E-state index < -0.39 is 37.2 Å². The van der Waals surface area contributed by atoms with Crippen molar-refractivity contribution in [3.05, 3.63) is 5.53 Å². The van der Waals surface area contributed by atoms with Crippen LogP contribution in [0.2, 0.25) is 19.6 Å². The number of ether oxygens (including phenoxy) is 1. The van der Waals surface area contributed by atoms with Gasteiger partial charge in [0.2, 0.25) is 11.6 Å². The second-order valence-corrected chi connectivity index (χ2v) is 11.4. The van der Waals surface area contributed by atoms with E-state index in [1.807, 2.05) is 6.92 Å². The Morgan fingerprint density at radius 2 is 1.79 bits per heavy atom. The first-order valence-corrected chi connectivity index (χ1v) is 9.73. The molecule has 1 saturated carbocycles. The van der Waals surface area contributed by atoms with Crippen LogP contribution < -0.4 is 0 Å². The van der Waals surface area contributed by atoms with Gasteiger partial charge < -0.3 is 10.3 Å². The van der Waals surface area contributed by atoms with Crippen LogP contribution in [0.15, 0.2) is 0 Å². The van der Waals surface area contributed by atoms with Crippen LogP contribution in [0, 0.1) is 5.92 Å². The summed E-state index contributed by atoms with van der Waals surface area (Å²) in [5, 5.41) is 0. The molecule has 0 aromatic carbocycles. The van der Waals surface area contributed by atoms with Crippen LogP contribution in [0.5, 0.6) is 0 Å². The quantitative estimate of drug-likeness (QED) is 0.334. The summed E-state index contributed by atoms with van der Waals surface area (Å²) in [5.41, 5.74) is 7.89. The summed E-state index contributed by atoms with van der Waals surface area (Å²) in [6.45, 7) is 8.03. The van der Waals surface area contributed by atoms with E-state index in [0.717, 1.165) is 0 Å². The highest BCUT2D eigenvalue weighted by molar-refractivity contribution is 6.77. The van der Waals surface area contributed by atoms with Gasteiger partial charge in [-0.25, -0.2) is 0 Å². The number of carbonyl (C=O) groups is 3. The fourth-order valence-corrected chi connectivity index (χ4v) is 2.06. The molecule has 1 unspecified atom stereocenters. The zero-order chi connectivity index (χ0) is 14.8. The first-order chi connectivity index (χ1) is 8.66. The summed E-state index contributed by atoms with van der Waals surface area (Å²) < 4.78 is 5.34. The first-order valence-electron chi connectivity index (χ1n) is 6.15. The number of ketones is 2. The van der Waals surface area contributed by atoms with Gasteiger partial charge >= 0.3 is 11.7 Å². The highest BCUT2D eigenvalue weighted by atomic mass is 28.3. The second kappa shape index (κ2) is 5.58. The summed E-state index contributed by atoms with van der Waals surface area (Å²) in [7, 11) is -1.62. The topological polar surface area (TPSA) is 96.8 Å². The number of Topliss-reactive ketones (excluding diaryl/α,β-unsaturated/α-hetero) is 2. The molecule has 19 heavy (non-hydrogen) atoms. The molecule has 1 rings (SSSR count). The molecule has 6 nitrogen and oxygen atoms in total. The lowest BCUT2D eigenvalue weighted by atomic mass is 9.86. The molecule has 0 aromatic heterocycles. The minimum Gasteiger partial charge on any atom is -0.466 e. The lowest BCUT2D eigenvalue weighted by molar-refractivity contribution is -0.153. The average Bonchev–Trinajstić information content (AvgIpc) is 2.27. The van der Waals surface area contributed by atoms with Gasteiger partial charge in [0, 0.05) is 12.8 Å². The maximum atomic E-state index is 11.9. The van der Waals surface area contributed by atoms with Crippen molar-refractivity contribution in [3.8, 4) is 0 Å². The number of rotatable bonds is 3. The van der Waals surface area contributed by atoms with Gasteiger partial charge in [0.25, 0.3) is 0 Å². The molecule has 104 valence electrons. The zero-order valence-corrected chi connectivity index (χ0v) is 12.6. The van der Waals surface area contributed by atoms with Crippen molar-refractivity contribution >= 4 is 31.3 Å². The molecule has 0 bridgehead atoms. The Balaban J connectivity index is 2.73. The van der Waals surface area contributed by atoms with Crippen LogP contribution in [-0.4, -0.2) is 41.8 Å². The molecule has 0 radical (unpaired) electrons. The number of esters is 1. The van der Waals surface area contributed by atoms with E-state index in [0.29, 0.717) is 0 Å². The summed E-state index contributed by atoms with van der Waals surface area (Å²) in [4.78, 5) is 37.7. The van der Waals surface area contributed by atoms with Gasteiger partial charge in [0.15, 0.2) is 0 Å². The first kappa shape index (κ1) is 15.5. The van der Waals surface area contributed by atoms with Crippen molar-refractivity contribution < 1.29 is 23.9 Å². The fraction of sp³-hybridized carbons (Fsp3) is 0.667. The minimum atomic E-state index is -1.62. The van der Waals surface area contributed by atoms with E-state index in [-0.39, 0.29) is 18.6 Å². The Morgan fingerprint density at radius 1 is 1.32 bits per heavy atom. The van der Waals surface area contributed by atoms with Crippen LogP contribution in [-0.2, 0) is 19.1 Å². The Kier molecular flexibility index (Phi) is 4.55. The summed E-state index contributed by atoms with van der Waals surface area (Å²) >= 11 is 0. The SMILES string of the molecule is CC(OC(=O)C1CC(=O)C(=[N+]=[N-])C(=O)C1)[Si](C)(C)C. The van der Waals surface area contributed by atoms with Gasteiger partial charge in [-0.05, 0) is 6.92 Å². The highest BCUT2D eigenvalue weighted by Crippen LogP contribution is 2.21. The van der Waals surface area contributed by atoms with E-state index in [4.69, 9.17) is 10.3 Å². The van der Waals surface area contributed by atoms with Gasteiger partial charge in [-0.15, -0.1) is 0 Å². The zero-order valence-electron chi connectivity index (χ0n) is 11.6. The lowest BCUT2D eigenvalue weighted by Crippen LogP contribution is -2.43. The van der Waals surface area contributed by atoms with Crippen molar-refractivity contribution in [2.75, 3.05) is 0 Å². The number of carbonyl (C=O) groups excluding carboxylic acids is 3. The predicted octanol–water partition coefficient (Wildman–Crippen LogP) is 1.01. The second-order valence-electron chi connectivity index (χ2n) is 5.85. The number of hydrogen-bond acceptors (Lipinski definition) is 4. The van der Waals surface area contributed by atoms with Gasteiger partial charge in [-0.1, -0.05) is 19.6 Å². The van der Waals surface area contributed by atoms with Gasteiger partial charge in [0.1, 0.15) is 0 Å². The van der Waals surface area contributed by atoms with Crippen LogP contribution in [0.3, 0.4) is 0 Å². The molecule has 7 heteroatoms. The maximum Gasteiger partial charge on any atom is 0.400 e. The van der Waals surface area contributed by atoms with E-state index in [1.54, 1.807) is 0 Å². The summed E-state index contributed by atoms with van der Waals surface area (Å²) in [5.74, 6) is -2.50. The Hall–Kier alpha value is -1.59. The number of hydrogen-bond donors (Lipinski definition) is 0. The summed E-state index contributed by atoms with van der Waals surface area (Å²) in [6, 6.07) is 0. The average molecular weight is 282 g/mol. The van der Waals surface area contributed by atoms with E-state index >= 15 is 0 Å². The van der Waals surface area contributed by atoms with Crippen molar-refractivity contribution in [1.29, 1.82) is 0 Å². The molecule has 1 aliphatic carbocycles. The standard InChI is InChI=1S/C12H18N2O4Si/c1-7(19(2,3)4)18-12(17)8-5-9(15)11(14-13)10(16)6-8/h7-8H,5-6H2,1-4H3. The van der Waals surface area contributed by atoms with E-state index in [9.17, 15) is 14.4 Å². The Labute approximate surface area is 112 Å². The third-order valence-electron chi connectivity index (χ3n) is 3.34. The molecule has 0 amide bonds. The lowest BCUT2D eigenvalue weighted by Gasteiger charge is -2.27. The van der Waals surface area contributed by atoms with Crippen molar-refractivity contribution in [2.24, 2.45) is 5.92 Å². The molecule has 0 aromatic rings. The predicted molar refractivity (Wildman–Crippen MR) is 70.3 cm³/mol. The van der Waals surface area contributed by atoms with Crippen molar-refractivity contribution in [2.45, 2.75) is 45.1 Å². The van der Waals surface area contributed by atoms with Gasteiger partial charge in [-0.3, -0.25) is 14.4 Å². The van der Waals surface area contributed by atoms with Gasteiger partial charge in [0.05, 0.1) is 19.7 Å². The van der Waals surface area contributed by atoms with Crippen LogP contribution in [0.4, 0.5) is 0 Å². The molecule has 0 heterocycles. The Bertz CT molecular complexity index is 455. The fourth-order valence-electron chi connectivity index (χ4n) is 1.59. The number of nitrogens with zero attached hydrogens (tertiary/aromatic N) is 2. The molecule has 0 saturated heterocycles. The minimum absolute atomic E-state index is 0.137. The van der Waals surface area contributed by atoms with Crippen LogP contribution in [0.25, 0.3) is 5.53 Å². The largest absolute Gasteiger partial charge is 0.466 e. The molecule has 1 atom stereocenters. The van der Waals surface area contributed by atoms with Crippen LogP contribution in [0.1, 0.15) is 19.8 Å². The Morgan fingerprint density at radius 3 is 2.16 bits per heavy atom.